The van der Waals surface area contributed by atoms with Crippen molar-refractivity contribution in [2.75, 3.05) is 20.2 Å². The van der Waals surface area contributed by atoms with Crippen LogP contribution in [0.5, 0.6) is 0 Å². The molecule has 1 saturated heterocycles. The van der Waals surface area contributed by atoms with E-state index in [1.54, 1.807) is 19.2 Å². The van der Waals surface area contributed by atoms with Gasteiger partial charge in [0.2, 0.25) is 10.0 Å². The summed E-state index contributed by atoms with van der Waals surface area (Å²) in [6, 6.07) is 5.19. The van der Waals surface area contributed by atoms with E-state index in [0.717, 1.165) is 18.4 Å². The number of rotatable bonds is 4. The lowest BCUT2D eigenvalue weighted by Crippen LogP contribution is -2.49. The standard InChI is InChI=1S/C14H21BrN2O3S/c1-14(20-2)6-3-7-17(10-14)21(18,19)13-8-11(9-16)4-5-12(13)15/h4-5,8H,3,6-7,9-10,16H2,1-2H3. The van der Waals surface area contributed by atoms with Gasteiger partial charge in [0.05, 0.1) is 10.5 Å². The van der Waals surface area contributed by atoms with Gasteiger partial charge in [-0.3, -0.25) is 0 Å². The summed E-state index contributed by atoms with van der Waals surface area (Å²) in [5, 5.41) is 0. The van der Waals surface area contributed by atoms with Crippen molar-refractivity contribution in [3.63, 3.8) is 0 Å². The summed E-state index contributed by atoms with van der Waals surface area (Å²) in [4.78, 5) is 0.269. The average Bonchev–Trinajstić information content (AvgIpc) is 2.47. The molecule has 0 amide bonds. The zero-order valence-electron chi connectivity index (χ0n) is 12.3. The van der Waals surface area contributed by atoms with Crippen molar-refractivity contribution in [3.05, 3.63) is 28.2 Å². The highest BCUT2D eigenvalue weighted by Crippen LogP contribution is 2.31. The number of ether oxygens (including phenoxy) is 1. The van der Waals surface area contributed by atoms with Crippen LogP contribution in [0.1, 0.15) is 25.3 Å². The maximum atomic E-state index is 12.9. The van der Waals surface area contributed by atoms with Crippen molar-refractivity contribution in [1.29, 1.82) is 0 Å². The largest absolute Gasteiger partial charge is 0.377 e. The highest BCUT2D eigenvalue weighted by Gasteiger charge is 2.37. The molecule has 1 aliphatic heterocycles. The number of nitrogens with zero attached hydrogens (tertiary/aromatic N) is 1. The first-order valence-corrected chi connectivity index (χ1v) is 9.09. The minimum atomic E-state index is -3.56. The first-order chi connectivity index (χ1) is 9.82. The van der Waals surface area contributed by atoms with E-state index in [-0.39, 0.29) is 4.90 Å². The Bertz CT molecular complexity index is 621. The lowest BCUT2D eigenvalue weighted by Gasteiger charge is -2.38. The summed E-state index contributed by atoms with van der Waals surface area (Å²) >= 11 is 3.33. The van der Waals surface area contributed by atoms with E-state index in [4.69, 9.17) is 10.5 Å². The fraction of sp³-hybridized carbons (Fsp3) is 0.571. The molecule has 1 aliphatic rings. The monoisotopic (exact) mass is 376 g/mol. The lowest BCUT2D eigenvalue weighted by molar-refractivity contribution is -0.0319. The molecule has 0 aromatic heterocycles. The van der Waals surface area contributed by atoms with Crippen LogP contribution in [0.3, 0.4) is 0 Å². The molecule has 1 aromatic carbocycles. The minimum absolute atomic E-state index is 0.269. The number of hydrogen-bond acceptors (Lipinski definition) is 4. The van der Waals surface area contributed by atoms with Gasteiger partial charge in [-0.25, -0.2) is 8.42 Å². The number of benzene rings is 1. The molecular weight excluding hydrogens is 356 g/mol. The third-order valence-corrected chi connectivity index (χ3v) is 6.80. The van der Waals surface area contributed by atoms with E-state index >= 15 is 0 Å². The topological polar surface area (TPSA) is 72.6 Å². The zero-order valence-corrected chi connectivity index (χ0v) is 14.7. The van der Waals surface area contributed by atoms with E-state index in [9.17, 15) is 8.42 Å². The quantitative estimate of drug-likeness (QED) is 0.872. The maximum Gasteiger partial charge on any atom is 0.244 e. The van der Waals surface area contributed by atoms with Crippen molar-refractivity contribution >= 4 is 26.0 Å². The van der Waals surface area contributed by atoms with Gasteiger partial charge >= 0.3 is 0 Å². The summed E-state index contributed by atoms with van der Waals surface area (Å²) in [6.07, 6.45) is 1.65. The molecule has 0 radical (unpaired) electrons. The summed E-state index contributed by atoms with van der Waals surface area (Å²) in [7, 11) is -1.93. The van der Waals surface area contributed by atoms with Crippen LogP contribution in [-0.2, 0) is 21.3 Å². The molecule has 21 heavy (non-hydrogen) atoms. The van der Waals surface area contributed by atoms with Gasteiger partial charge in [0.25, 0.3) is 0 Å². The molecule has 1 atom stereocenters. The predicted molar refractivity (Wildman–Crippen MR) is 85.4 cm³/mol. The molecule has 1 aromatic rings. The van der Waals surface area contributed by atoms with Gasteiger partial charge in [0, 0.05) is 31.2 Å². The van der Waals surface area contributed by atoms with Crippen molar-refractivity contribution < 1.29 is 13.2 Å². The Morgan fingerprint density at radius 1 is 1.48 bits per heavy atom. The van der Waals surface area contributed by atoms with Crippen molar-refractivity contribution in [2.45, 2.75) is 36.8 Å². The van der Waals surface area contributed by atoms with E-state index in [0.29, 0.717) is 24.1 Å². The van der Waals surface area contributed by atoms with Gasteiger partial charge in [-0.15, -0.1) is 0 Å². The summed E-state index contributed by atoms with van der Waals surface area (Å²) in [5.41, 5.74) is 5.98. The second-order valence-corrected chi connectivity index (χ2v) is 8.33. The Kier molecular flexibility index (Phi) is 5.10. The Balaban J connectivity index is 2.38. The van der Waals surface area contributed by atoms with Crippen LogP contribution in [0.2, 0.25) is 0 Å². The van der Waals surface area contributed by atoms with E-state index < -0.39 is 15.6 Å². The highest BCUT2D eigenvalue weighted by molar-refractivity contribution is 9.10. The molecule has 1 unspecified atom stereocenters. The van der Waals surface area contributed by atoms with Gasteiger partial charge in [-0.05, 0) is 53.4 Å². The molecule has 1 fully saturated rings. The van der Waals surface area contributed by atoms with Gasteiger partial charge < -0.3 is 10.5 Å². The molecule has 0 spiro atoms. The van der Waals surface area contributed by atoms with Crippen LogP contribution in [0, 0.1) is 0 Å². The first kappa shape index (κ1) is 16.9. The number of sulfonamides is 1. The molecule has 118 valence electrons. The van der Waals surface area contributed by atoms with Crippen LogP contribution in [-0.4, -0.2) is 38.5 Å². The summed E-state index contributed by atoms with van der Waals surface area (Å²) < 4.78 is 33.3. The second-order valence-electron chi connectivity index (χ2n) is 5.57. The van der Waals surface area contributed by atoms with Crippen molar-refractivity contribution in [3.8, 4) is 0 Å². The third-order valence-electron chi connectivity index (χ3n) is 3.97. The van der Waals surface area contributed by atoms with Gasteiger partial charge in [0.15, 0.2) is 0 Å². The molecule has 2 rings (SSSR count). The van der Waals surface area contributed by atoms with Crippen LogP contribution >= 0.6 is 15.9 Å². The van der Waals surface area contributed by atoms with Gasteiger partial charge in [-0.1, -0.05) is 6.07 Å². The number of hydrogen-bond donors (Lipinski definition) is 1. The Hall–Kier alpha value is -0.470. The van der Waals surface area contributed by atoms with Crippen LogP contribution < -0.4 is 5.73 Å². The Morgan fingerprint density at radius 3 is 2.81 bits per heavy atom. The Morgan fingerprint density at radius 2 is 2.19 bits per heavy atom. The molecule has 0 aliphatic carbocycles. The number of methoxy groups -OCH3 is 1. The van der Waals surface area contributed by atoms with E-state index in [2.05, 4.69) is 15.9 Å². The van der Waals surface area contributed by atoms with Crippen LogP contribution in [0.4, 0.5) is 0 Å². The maximum absolute atomic E-state index is 12.9. The molecule has 0 saturated carbocycles. The zero-order chi connectivity index (χ0) is 15.7. The van der Waals surface area contributed by atoms with Crippen LogP contribution in [0.25, 0.3) is 0 Å². The average molecular weight is 377 g/mol. The Labute approximate surface area is 134 Å². The molecule has 5 nitrogen and oxygen atoms in total. The minimum Gasteiger partial charge on any atom is -0.377 e. The second kappa shape index (κ2) is 6.34. The van der Waals surface area contributed by atoms with Crippen molar-refractivity contribution in [1.82, 2.24) is 4.31 Å². The fourth-order valence-corrected chi connectivity index (χ4v) is 5.11. The van der Waals surface area contributed by atoms with E-state index in [1.807, 2.05) is 13.0 Å². The third kappa shape index (κ3) is 3.48. The molecule has 1 heterocycles. The fourth-order valence-electron chi connectivity index (χ4n) is 2.54. The lowest BCUT2D eigenvalue weighted by atomic mass is 9.96. The normalized spacial score (nSPS) is 24.2. The van der Waals surface area contributed by atoms with Crippen molar-refractivity contribution in [2.24, 2.45) is 5.73 Å². The SMILES string of the molecule is COC1(C)CCCN(S(=O)(=O)c2cc(CN)ccc2Br)C1. The van der Waals surface area contributed by atoms with Gasteiger partial charge in [0.1, 0.15) is 0 Å². The highest BCUT2D eigenvalue weighted by atomic mass is 79.9. The molecule has 2 N–H and O–H groups in total. The molecular formula is C14H21BrN2O3S. The van der Waals surface area contributed by atoms with Gasteiger partial charge in [-0.2, -0.15) is 4.31 Å². The number of nitrogens with two attached hydrogens (primary N) is 1. The summed E-state index contributed by atoms with van der Waals surface area (Å²) in [5.74, 6) is 0. The smallest absolute Gasteiger partial charge is 0.244 e. The summed E-state index contributed by atoms with van der Waals surface area (Å²) in [6.45, 7) is 3.14. The van der Waals surface area contributed by atoms with E-state index in [1.165, 1.54) is 4.31 Å². The predicted octanol–water partition coefficient (Wildman–Crippen LogP) is 2.10. The molecule has 7 heteroatoms. The number of piperidine rings is 1. The van der Waals surface area contributed by atoms with Crippen LogP contribution in [0.15, 0.2) is 27.6 Å². The molecule has 0 bridgehead atoms. The number of halogens is 1. The first-order valence-electron chi connectivity index (χ1n) is 6.86.